The van der Waals surface area contributed by atoms with Crippen LogP contribution in [0.3, 0.4) is 0 Å². The number of carbonyl (C=O) groups is 1. The lowest BCUT2D eigenvalue weighted by atomic mass is 10.0. The van der Waals surface area contributed by atoms with Gasteiger partial charge >= 0.3 is 0 Å². The second kappa shape index (κ2) is 13.5. The predicted octanol–water partition coefficient (Wildman–Crippen LogP) is 2.38. The van der Waals surface area contributed by atoms with Crippen LogP contribution in [0.25, 0.3) is 0 Å². The van der Waals surface area contributed by atoms with Crippen LogP contribution < -0.4 is 14.2 Å². The van der Waals surface area contributed by atoms with Crippen molar-refractivity contribution in [3.63, 3.8) is 0 Å². The molecule has 1 aromatic heterocycles. The van der Waals surface area contributed by atoms with E-state index in [9.17, 15) is 9.90 Å². The van der Waals surface area contributed by atoms with Gasteiger partial charge in [-0.2, -0.15) is 5.10 Å². The number of nitrogens with zero attached hydrogens (tertiary/aromatic N) is 4. The summed E-state index contributed by atoms with van der Waals surface area (Å²) in [6.45, 7) is 5.17. The van der Waals surface area contributed by atoms with E-state index >= 15 is 0 Å². The molecule has 0 saturated carbocycles. The van der Waals surface area contributed by atoms with Crippen LogP contribution in [0.15, 0.2) is 60.9 Å². The zero-order valence-electron chi connectivity index (χ0n) is 22.9. The minimum atomic E-state index is -1.27. The van der Waals surface area contributed by atoms with Crippen LogP contribution in [-0.2, 0) is 22.6 Å². The Morgan fingerprint density at radius 1 is 1.05 bits per heavy atom. The van der Waals surface area contributed by atoms with Crippen LogP contribution in [-0.4, -0.2) is 96.4 Å². The first-order valence-electron chi connectivity index (χ1n) is 13.1. The zero-order chi connectivity index (χ0) is 27.7. The minimum absolute atomic E-state index is 0.0348. The van der Waals surface area contributed by atoms with Gasteiger partial charge in [-0.25, -0.2) is 0 Å². The second-order valence-electron chi connectivity index (χ2n) is 9.90. The van der Waals surface area contributed by atoms with Crippen LogP contribution in [0.2, 0.25) is 0 Å². The van der Waals surface area contributed by atoms with Gasteiger partial charge in [0.25, 0.3) is 0 Å². The summed E-state index contributed by atoms with van der Waals surface area (Å²) >= 11 is 0. The molecule has 10 nitrogen and oxygen atoms in total. The third kappa shape index (κ3) is 8.19. The molecular weight excluding hydrogens is 500 g/mol. The molecule has 10 heteroatoms. The monoisotopic (exact) mass is 538 g/mol. The molecular formula is C29H38N4O6. The number of hydrogen-bond acceptors (Lipinski definition) is 8. The average molecular weight is 539 g/mol. The number of ether oxygens (including phenoxy) is 4. The number of benzene rings is 2. The molecule has 2 aromatic carbocycles. The van der Waals surface area contributed by atoms with Gasteiger partial charge in [0.15, 0.2) is 11.5 Å². The Labute approximate surface area is 229 Å². The smallest absolute Gasteiger partial charge is 0.248 e. The minimum Gasteiger partial charge on any atom is -0.493 e. The molecule has 1 N–H and O–H groups in total. The van der Waals surface area contributed by atoms with E-state index in [2.05, 4.69) is 10.00 Å². The summed E-state index contributed by atoms with van der Waals surface area (Å²) < 4.78 is 24.4. The van der Waals surface area contributed by atoms with Crippen molar-refractivity contribution in [2.45, 2.75) is 25.6 Å². The van der Waals surface area contributed by atoms with E-state index in [1.54, 1.807) is 12.0 Å². The Kier molecular flexibility index (Phi) is 9.80. The third-order valence-electron chi connectivity index (χ3n) is 6.53. The Hall–Kier alpha value is -3.60. The molecule has 1 atom stereocenters. The number of aromatic nitrogens is 2. The highest BCUT2D eigenvalue weighted by atomic mass is 16.5. The quantitative estimate of drug-likeness (QED) is 0.375. The summed E-state index contributed by atoms with van der Waals surface area (Å²) in [5.41, 5.74) is 0.830. The van der Waals surface area contributed by atoms with Gasteiger partial charge in [0, 0.05) is 39.5 Å². The standard InChI is InChI=1S/C29H38N4O6/c1-23-16-30-33(17-23)13-14-38-27-15-24(9-10-26(27)37-3)18-31-11-12-32(28(34)19-36-2)21-29(35,20-31)22-39-25-7-5-4-6-8-25/h4-10,15-17,35H,11-14,18-22H2,1-3H3. The van der Waals surface area contributed by atoms with Gasteiger partial charge in [-0.05, 0) is 42.3 Å². The number of aliphatic hydroxyl groups is 1. The number of hydrogen-bond donors (Lipinski definition) is 1. The lowest BCUT2D eigenvalue weighted by Crippen LogP contribution is -2.52. The fourth-order valence-corrected chi connectivity index (χ4v) is 4.66. The van der Waals surface area contributed by atoms with Crippen molar-refractivity contribution in [1.82, 2.24) is 19.6 Å². The Morgan fingerprint density at radius 2 is 1.87 bits per heavy atom. The van der Waals surface area contributed by atoms with E-state index in [-0.39, 0.29) is 25.7 Å². The highest BCUT2D eigenvalue weighted by Crippen LogP contribution is 2.29. The number of carbonyl (C=O) groups excluding carboxylic acids is 1. The van der Waals surface area contributed by atoms with E-state index in [0.717, 1.165) is 11.1 Å². The van der Waals surface area contributed by atoms with Crippen molar-refractivity contribution in [3.05, 3.63) is 72.1 Å². The summed E-state index contributed by atoms with van der Waals surface area (Å²) in [7, 11) is 3.11. The number of amides is 1. The molecule has 1 fully saturated rings. The van der Waals surface area contributed by atoms with Gasteiger partial charge in [-0.3, -0.25) is 14.4 Å². The molecule has 1 unspecified atom stereocenters. The first-order valence-corrected chi connectivity index (χ1v) is 13.1. The zero-order valence-corrected chi connectivity index (χ0v) is 22.9. The number of rotatable bonds is 12. The molecule has 1 aliphatic rings. The number of methoxy groups -OCH3 is 2. The maximum absolute atomic E-state index is 12.7. The fraction of sp³-hybridized carbons (Fsp3) is 0.448. The number of para-hydroxylation sites is 1. The molecule has 0 aliphatic carbocycles. The average Bonchev–Trinajstić information content (AvgIpc) is 3.27. The number of aryl methyl sites for hydroxylation is 1. The molecule has 0 radical (unpaired) electrons. The molecule has 210 valence electrons. The first-order chi connectivity index (χ1) is 18.9. The Bertz CT molecular complexity index is 1200. The normalized spacial score (nSPS) is 18.0. The van der Waals surface area contributed by atoms with E-state index in [0.29, 0.717) is 56.6 Å². The maximum Gasteiger partial charge on any atom is 0.248 e. The van der Waals surface area contributed by atoms with E-state index in [1.165, 1.54) is 7.11 Å². The van der Waals surface area contributed by atoms with E-state index < -0.39 is 5.60 Å². The van der Waals surface area contributed by atoms with Gasteiger partial charge in [0.05, 0.1) is 26.4 Å². The Morgan fingerprint density at radius 3 is 2.59 bits per heavy atom. The van der Waals surface area contributed by atoms with Crippen molar-refractivity contribution in [3.8, 4) is 17.2 Å². The van der Waals surface area contributed by atoms with Crippen LogP contribution >= 0.6 is 0 Å². The van der Waals surface area contributed by atoms with Crippen LogP contribution in [0.4, 0.5) is 0 Å². The fourth-order valence-electron chi connectivity index (χ4n) is 4.66. The van der Waals surface area contributed by atoms with E-state index in [4.69, 9.17) is 18.9 Å². The SMILES string of the molecule is COCC(=O)N1CCN(Cc2ccc(OC)c(OCCn3cc(C)cn3)c2)CC(O)(COc2ccccc2)C1. The summed E-state index contributed by atoms with van der Waals surface area (Å²) in [6.07, 6.45) is 3.79. The predicted molar refractivity (Wildman–Crippen MR) is 146 cm³/mol. The van der Waals surface area contributed by atoms with Crippen LogP contribution in [0.5, 0.6) is 17.2 Å². The first kappa shape index (κ1) is 28.4. The molecule has 0 bridgehead atoms. The summed E-state index contributed by atoms with van der Waals surface area (Å²) in [4.78, 5) is 16.5. The maximum atomic E-state index is 12.7. The highest BCUT2D eigenvalue weighted by molar-refractivity contribution is 5.77. The molecule has 1 saturated heterocycles. The van der Waals surface area contributed by atoms with Crippen LogP contribution in [0, 0.1) is 6.92 Å². The third-order valence-corrected chi connectivity index (χ3v) is 6.53. The van der Waals surface area contributed by atoms with E-state index in [1.807, 2.05) is 72.5 Å². The molecule has 39 heavy (non-hydrogen) atoms. The summed E-state index contributed by atoms with van der Waals surface area (Å²) in [5, 5.41) is 16.0. The van der Waals surface area contributed by atoms with Gasteiger partial charge < -0.3 is 29.0 Å². The van der Waals surface area contributed by atoms with Gasteiger partial charge in [-0.15, -0.1) is 0 Å². The summed E-state index contributed by atoms with van der Waals surface area (Å²) in [5.74, 6) is 1.80. The molecule has 1 aliphatic heterocycles. The highest BCUT2D eigenvalue weighted by Gasteiger charge is 2.37. The van der Waals surface area contributed by atoms with Crippen LogP contribution in [0.1, 0.15) is 11.1 Å². The lowest BCUT2D eigenvalue weighted by Gasteiger charge is -2.33. The largest absolute Gasteiger partial charge is 0.493 e. The van der Waals surface area contributed by atoms with Gasteiger partial charge in [0.1, 0.15) is 31.2 Å². The molecule has 2 heterocycles. The Balaban J connectivity index is 1.45. The van der Waals surface area contributed by atoms with Gasteiger partial charge in [0.2, 0.25) is 5.91 Å². The van der Waals surface area contributed by atoms with Crippen molar-refractivity contribution in [1.29, 1.82) is 0 Å². The second-order valence-corrected chi connectivity index (χ2v) is 9.90. The number of β-amino-alcohol motifs (C(OH)–C–C–N with tert-alkyl or cyclic N) is 1. The van der Waals surface area contributed by atoms with Crippen molar-refractivity contribution in [2.75, 3.05) is 60.2 Å². The van der Waals surface area contributed by atoms with Crippen molar-refractivity contribution in [2.24, 2.45) is 0 Å². The summed E-state index contributed by atoms with van der Waals surface area (Å²) in [6, 6.07) is 15.2. The van der Waals surface area contributed by atoms with Gasteiger partial charge in [-0.1, -0.05) is 24.3 Å². The molecule has 1 amide bonds. The lowest BCUT2D eigenvalue weighted by molar-refractivity contribution is -0.138. The van der Waals surface area contributed by atoms with Crippen molar-refractivity contribution >= 4 is 5.91 Å². The molecule has 3 aromatic rings. The van der Waals surface area contributed by atoms with Crippen molar-refractivity contribution < 1.29 is 28.8 Å². The molecule has 0 spiro atoms. The topological polar surface area (TPSA) is 98.5 Å². The molecule has 4 rings (SSSR count).